The number of methoxy groups -OCH3 is 1. The number of aliphatic imine (C=N–C) groups is 1. The molecule has 1 unspecified atom stereocenters. The summed E-state index contributed by atoms with van der Waals surface area (Å²) in [5, 5.41) is 6.93. The van der Waals surface area contributed by atoms with E-state index in [1.165, 1.54) is 12.0 Å². The molecule has 0 radical (unpaired) electrons. The average Bonchev–Trinajstić information content (AvgIpc) is 2.73. The summed E-state index contributed by atoms with van der Waals surface area (Å²) in [6.45, 7) is 13.6. The Bertz CT molecular complexity index is 595. The van der Waals surface area contributed by atoms with Crippen molar-refractivity contribution in [1.29, 1.82) is 0 Å². The lowest BCUT2D eigenvalue weighted by Gasteiger charge is -2.21. The smallest absolute Gasteiger partial charge is 0.191 e. The van der Waals surface area contributed by atoms with Crippen LogP contribution < -0.4 is 20.1 Å². The fourth-order valence-corrected chi connectivity index (χ4v) is 3.31. The molecule has 0 amide bonds. The molecule has 0 fully saturated rings. The number of nitrogens with one attached hydrogen (secondary N) is 2. The molecule has 30 heavy (non-hydrogen) atoms. The predicted molar refractivity (Wildman–Crippen MR) is 139 cm³/mol. The van der Waals surface area contributed by atoms with Crippen molar-refractivity contribution in [2.24, 2.45) is 4.99 Å². The zero-order valence-electron chi connectivity index (χ0n) is 19.8. The van der Waals surface area contributed by atoms with Crippen molar-refractivity contribution in [1.82, 2.24) is 15.5 Å². The van der Waals surface area contributed by atoms with Gasteiger partial charge in [0.25, 0.3) is 0 Å². The predicted octanol–water partition coefficient (Wildman–Crippen LogP) is 4.32. The maximum atomic E-state index is 5.66. The zero-order valence-corrected chi connectivity index (χ0v) is 22.1. The van der Waals surface area contributed by atoms with E-state index in [0.717, 1.165) is 62.9 Å². The first-order valence-electron chi connectivity index (χ1n) is 11.1. The molecule has 0 aromatic heterocycles. The van der Waals surface area contributed by atoms with Crippen LogP contribution in [-0.2, 0) is 6.42 Å². The first kappa shape index (κ1) is 28.8. The minimum atomic E-state index is 0. The number of halogens is 1. The highest BCUT2D eigenvalue weighted by atomic mass is 127. The third-order valence-electron chi connectivity index (χ3n) is 5.08. The fraction of sp³-hybridized carbons (Fsp3) is 0.696. The number of nitrogens with zero attached hydrogens (tertiary/aromatic N) is 2. The molecule has 0 aliphatic rings. The molecule has 0 saturated carbocycles. The first-order valence-corrected chi connectivity index (χ1v) is 11.1. The monoisotopic (exact) mass is 534 g/mol. The lowest BCUT2D eigenvalue weighted by molar-refractivity contribution is 0.292. The minimum absolute atomic E-state index is 0. The second kappa shape index (κ2) is 17.5. The van der Waals surface area contributed by atoms with Gasteiger partial charge in [-0.15, -0.1) is 24.0 Å². The first-order chi connectivity index (χ1) is 14.1. The van der Waals surface area contributed by atoms with Crippen LogP contribution in [0.2, 0.25) is 0 Å². The lowest BCUT2D eigenvalue weighted by atomic mass is 10.1. The second-order valence-electron chi connectivity index (χ2n) is 7.24. The molecule has 2 N–H and O–H groups in total. The van der Waals surface area contributed by atoms with Crippen molar-refractivity contribution in [3.8, 4) is 11.5 Å². The van der Waals surface area contributed by atoms with Crippen LogP contribution in [0.4, 0.5) is 0 Å². The molecular weight excluding hydrogens is 491 g/mol. The van der Waals surface area contributed by atoms with Crippen molar-refractivity contribution >= 4 is 29.9 Å². The highest BCUT2D eigenvalue weighted by Gasteiger charge is 2.08. The Labute approximate surface area is 201 Å². The molecule has 1 aromatic rings. The van der Waals surface area contributed by atoms with E-state index >= 15 is 0 Å². The van der Waals surface area contributed by atoms with Gasteiger partial charge in [-0.1, -0.05) is 19.9 Å². The summed E-state index contributed by atoms with van der Waals surface area (Å²) in [6, 6.07) is 6.57. The van der Waals surface area contributed by atoms with Gasteiger partial charge in [0.1, 0.15) is 0 Å². The Morgan fingerprint density at radius 1 is 1.13 bits per heavy atom. The van der Waals surface area contributed by atoms with Crippen molar-refractivity contribution in [3.63, 3.8) is 0 Å². The number of benzene rings is 1. The molecule has 1 aromatic carbocycles. The molecule has 0 bridgehead atoms. The van der Waals surface area contributed by atoms with E-state index in [2.05, 4.69) is 53.4 Å². The summed E-state index contributed by atoms with van der Waals surface area (Å²) in [4.78, 5) is 6.82. The van der Waals surface area contributed by atoms with Crippen LogP contribution >= 0.6 is 24.0 Å². The third-order valence-corrected chi connectivity index (χ3v) is 5.08. The quantitative estimate of drug-likeness (QED) is 0.161. The molecule has 0 aliphatic carbocycles. The van der Waals surface area contributed by atoms with Crippen LogP contribution in [0, 0.1) is 0 Å². The summed E-state index contributed by atoms with van der Waals surface area (Å²) in [5.41, 5.74) is 1.25. The molecule has 7 heteroatoms. The standard InChI is InChI=1S/C23H42N4O2.HI/c1-7-27(8-2)17-11-12-19(4)26-23(24-5)25-16-10-13-20-14-15-21(28-6)22(18-20)29-9-3;/h14-15,18-19H,7-13,16-17H2,1-6H3,(H2,24,25,26);1H. The van der Waals surface area contributed by atoms with E-state index < -0.39 is 0 Å². The van der Waals surface area contributed by atoms with E-state index in [-0.39, 0.29) is 24.0 Å². The van der Waals surface area contributed by atoms with Gasteiger partial charge in [-0.25, -0.2) is 0 Å². The van der Waals surface area contributed by atoms with Crippen LogP contribution in [0.5, 0.6) is 11.5 Å². The third kappa shape index (κ3) is 11.2. The summed E-state index contributed by atoms with van der Waals surface area (Å²) in [6.07, 6.45) is 4.35. The van der Waals surface area contributed by atoms with Gasteiger partial charge in [0.05, 0.1) is 13.7 Å². The zero-order chi connectivity index (χ0) is 21.5. The molecule has 6 nitrogen and oxygen atoms in total. The molecule has 1 atom stereocenters. The summed E-state index contributed by atoms with van der Waals surface area (Å²) >= 11 is 0. The molecule has 0 aliphatic heterocycles. The molecule has 0 spiro atoms. The normalized spacial score (nSPS) is 12.3. The molecule has 174 valence electrons. The Morgan fingerprint density at radius 3 is 2.47 bits per heavy atom. The van der Waals surface area contributed by atoms with Gasteiger partial charge >= 0.3 is 0 Å². The van der Waals surface area contributed by atoms with Gasteiger partial charge in [-0.2, -0.15) is 0 Å². The number of hydrogen-bond acceptors (Lipinski definition) is 4. The Kier molecular flexibility index (Phi) is 16.7. The van der Waals surface area contributed by atoms with Crippen LogP contribution in [0.1, 0.15) is 52.5 Å². The van der Waals surface area contributed by atoms with Crippen LogP contribution in [0.25, 0.3) is 0 Å². The van der Waals surface area contributed by atoms with Gasteiger partial charge < -0.3 is 25.0 Å². The topological polar surface area (TPSA) is 58.1 Å². The molecule has 0 heterocycles. The van der Waals surface area contributed by atoms with Gasteiger partial charge in [0, 0.05) is 19.6 Å². The van der Waals surface area contributed by atoms with Crippen LogP contribution in [0.3, 0.4) is 0 Å². The van der Waals surface area contributed by atoms with Crippen LogP contribution in [-0.4, -0.2) is 63.8 Å². The average molecular weight is 535 g/mol. The number of aryl methyl sites for hydroxylation is 1. The van der Waals surface area contributed by atoms with E-state index in [4.69, 9.17) is 9.47 Å². The number of rotatable bonds is 14. The highest BCUT2D eigenvalue weighted by molar-refractivity contribution is 14.0. The number of hydrogen-bond donors (Lipinski definition) is 2. The number of ether oxygens (including phenoxy) is 2. The Morgan fingerprint density at radius 2 is 1.87 bits per heavy atom. The van der Waals surface area contributed by atoms with E-state index in [0.29, 0.717) is 12.6 Å². The molecule has 0 saturated heterocycles. The van der Waals surface area contributed by atoms with Crippen molar-refractivity contribution in [3.05, 3.63) is 23.8 Å². The van der Waals surface area contributed by atoms with E-state index in [1.807, 2.05) is 20.0 Å². The molecular formula is C23H43IN4O2. The minimum Gasteiger partial charge on any atom is -0.493 e. The lowest BCUT2D eigenvalue weighted by Crippen LogP contribution is -2.42. The summed E-state index contributed by atoms with van der Waals surface area (Å²) in [7, 11) is 3.50. The van der Waals surface area contributed by atoms with Gasteiger partial charge in [-0.3, -0.25) is 4.99 Å². The SMILES string of the molecule is CCOc1cc(CCCNC(=NC)NC(C)CCCN(CC)CC)ccc1OC.I. The van der Waals surface area contributed by atoms with Crippen molar-refractivity contribution < 1.29 is 9.47 Å². The van der Waals surface area contributed by atoms with Crippen molar-refractivity contribution in [2.45, 2.75) is 59.4 Å². The largest absolute Gasteiger partial charge is 0.493 e. The summed E-state index contributed by atoms with van der Waals surface area (Å²) in [5.74, 6) is 2.48. The maximum Gasteiger partial charge on any atom is 0.191 e. The van der Waals surface area contributed by atoms with E-state index in [1.54, 1.807) is 7.11 Å². The van der Waals surface area contributed by atoms with Gasteiger partial charge in [-0.05, 0) is 76.9 Å². The maximum absolute atomic E-state index is 5.66. The number of guanidine groups is 1. The van der Waals surface area contributed by atoms with Crippen LogP contribution in [0.15, 0.2) is 23.2 Å². The van der Waals surface area contributed by atoms with E-state index in [9.17, 15) is 0 Å². The highest BCUT2D eigenvalue weighted by Crippen LogP contribution is 2.28. The Hall–Kier alpha value is -1.22. The summed E-state index contributed by atoms with van der Waals surface area (Å²) < 4.78 is 11.0. The van der Waals surface area contributed by atoms with Crippen molar-refractivity contribution in [2.75, 3.05) is 46.9 Å². The van der Waals surface area contributed by atoms with Gasteiger partial charge in [0.2, 0.25) is 0 Å². The Balaban J connectivity index is 0.00000841. The van der Waals surface area contributed by atoms with Gasteiger partial charge in [0.15, 0.2) is 17.5 Å². The fourth-order valence-electron chi connectivity index (χ4n) is 3.31. The second-order valence-corrected chi connectivity index (χ2v) is 7.24. The molecule has 1 rings (SSSR count).